The molecule has 0 spiro atoms. The van der Waals surface area contributed by atoms with Gasteiger partial charge in [-0.25, -0.2) is 0 Å². The minimum absolute atomic E-state index is 0.0755. The summed E-state index contributed by atoms with van der Waals surface area (Å²) in [7, 11) is 0. The van der Waals surface area contributed by atoms with E-state index in [0.717, 1.165) is 0 Å². The highest BCUT2D eigenvalue weighted by molar-refractivity contribution is 5.36. The van der Waals surface area contributed by atoms with Crippen LogP contribution in [0.25, 0.3) is 0 Å². The summed E-state index contributed by atoms with van der Waals surface area (Å²) in [6.45, 7) is -0.252. The number of ether oxygens (including phenoxy) is 1. The molecule has 0 bridgehead atoms. The summed E-state index contributed by atoms with van der Waals surface area (Å²) in [6.07, 6.45) is 0. The molecule has 1 aromatic heterocycles. The van der Waals surface area contributed by atoms with Crippen molar-refractivity contribution in [1.29, 1.82) is 0 Å². The van der Waals surface area contributed by atoms with Gasteiger partial charge in [0.25, 0.3) is 0 Å². The van der Waals surface area contributed by atoms with Gasteiger partial charge >= 0.3 is 6.61 Å². The molecule has 0 fully saturated rings. The number of rotatable bonds is 4. The summed E-state index contributed by atoms with van der Waals surface area (Å²) in [4.78, 5) is 3.79. The van der Waals surface area contributed by atoms with Crippen LogP contribution in [-0.4, -0.2) is 18.1 Å². The Bertz CT molecular complexity index is 268. The fourth-order valence-electron chi connectivity index (χ4n) is 0.851. The van der Waals surface area contributed by atoms with Crippen molar-refractivity contribution in [3.63, 3.8) is 0 Å². The second-order valence-corrected chi connectivity index (χ2v) is 2.27. The average molecular weight is 188 g/mol. The van der Waals surface area contributed by atoms with Crippen molar-refractivity contribution in [2.24, 2.45) is 0 Å². The highest BCUT2D eigenvalue weighted by Gasteiger charge is 2.04. The molecule has 1 rings (SSSR count). The van der Waals surface area contributed by atoms with Crippen LogP contribution in [0.5, 0.6) is 5.88 Å². The van der Waals surface area contributed by atoms with Crippen LogP contribution in [-0.2, 0) is 0 Å². The van der Waals surface area contributed by atoms with Gasteiger partial charge in [-0.3, -0.25) is 0 Å². The van der Waals surface area contributed by atoms with Crippen LogP contribution in [0.4, 0.5) is 14.6 Å². The Morgan fingerprint density at radius 1 is 1.54 bits per heavy atom. The van der Waals surface area contributed by atoms with Crippen LogP contribution in [0, 0.1) is 0 Å². The van der Waals surface area contributed by atoms with Crippen LogP contribution in [0.15, 0.2) is 18.2 Å². The first-order chi connectivity index (χ1) is 6.22. The molecule has 72 valence electrons. The lowest BCUT2D eigenvalue weighted by atomic mass is 10.4. The first kappa shape index (κ1) is 9.70. The zero-order chi connectivity index (χ0) is 9.68. The lowest BCUT2D eigenvalue weighted by Gasteiger charge is -2.05. The molecular weight excluding hydrogens is 178 g/mol. The van der Waals surface area contributed by atoms with Gasteiger partial charge in [0.2, 0.25) is 5.88 Å². The molecule has 1 heterocycles. The van der Waals surface area contributed by atoms with Crippen LogP contribution in [0.2, 0.25) is 0 Å². The largest absolute Gasteiger partial charge is 0.417 e. The Morgan fingerprint density at radius 3 is 2.92 bits per heavy atom. The number of anilines is 1. The summed E-state index contributed by atoms with van der Waals surface area (Å²) in [5.41, 5.74) is 0. The number of pyridine rings is 1. The predicted molar refractivity (Wildman–Crippen MR) is 45.0 cm³/mol. The Hall–Kier alpha value is -1.39. The van der Waals surface area contributed by atoms with Gasteiger partial charge in [-0.05, 0) is 13.0 Å². The Morgan fingerprint density at radius 2 is 2.31 bits per heavy atom. The van der Waals surface area contributed by atoms with E-state index in [4.69, 9.17) is 0 Å². The van der Waals surface area contributed by atoms with Gasteiger partial charge in [0.15, 0.2) is 0 Å². The summed E-state index contributed by atoms with van der Waals surface area (Å²) >= 11 is 0. The molecule has 3 nitrogen and oxygen atoms in total. The lowest BCUT2D eigenvalue weighted by Crippen LogP contribution is -2.05. The molecule has 0 unspecified atom stereocenters. The summed E-state index contributed by atoms with van der Waals surface area (Å²) in [5, 5.41) is 2.89. The van der Waals surface area contributed by atoms with Gasteiger partial charge in [0.05, 0.1) is 0 Å². The van der Waals surface area contributed by atoms with E-state index in [2.05, 4.69) is 15.0 Å². The second kappa shape index (κ2) is 4.59. The molecule has 5 heteroatoms. The fraction of sp³-hybridized carbons (Fsp3) is 0.375. The standard InChI is InChI=1S/C8H10F2N2O/c1-2-11-6-4-3-5-7(12-6)13-8(9)10/h3-5,8H,2H2,1H3,(H,11,12). The second-order valence-electron chi connectivity index (χ2n) is 2.27. The molecule has 0 aliphatic carbocycles. The highest BCUT2D eigenvalue weighted by Crippen LogP contribution is 2.13. The highest BCUT2D eigenvalue weighted by atomic mass is 19.3. The SMILES string of the molecule is CCNc1cccc(OC(F)F)n1. The third kappa shape index (κ3) is 3.23. The fourth-order valence-corrected chi connectivity index (χ4v) is 0.851. The quantitative estimate of drug-likeness (QED) is 0.785. The first-order valence-corrected chi connectivity index (χ1v) is 3.88. The molecule has 0 amide bonds. The van der Waals surface area contributed by atoms with Gasteiger partial charge in [-0.15, -0.1) is 0 Å². The Balaban J connectivity index is 2.67. The number of nitrogens with zero attached hydrogens (tertiary/aromatic N) is 1. The smallest absolute Gasteiger partial charge is 0.388 e. The molecule has 13 heavy (non-hydrogen) atoms. The summed E-state index contributed by atoms with van der Waals surface area (Å²) < 4.78 is 27.6. The molecule has 0 aromatic carbocycles. The van der Waals surface area contributed by atoms with Crippen LogP contribution in [0.3, 0.4) is 0 Å². The molecule has 0 atom stereocenters. The summed E-state index contributed by atoms with van der Waals surface area (Å²) in [6, 6.07) is 4.66. The number of halogens is 2. The molecule has 0 aliphatic rings. The predicted octanol–water partition coefficient (Wildman–Crippen LogP) is 2.11. The molecule has 1 aromatic rings. The van der Waals surface area contributed by atoms with Gasteiger partial charge in [-0.1, -0.05) is 6.07 Å². The third-order valence-corrected chi connectivity index (χ3v) is 1.29. The van der Waals surface area contributed by atoms with E-state index in [9.17, 15) is 8.78 Å². The van der Waals surface area contributed by atoms with Crippen molar-refractivity contribution in [2.45, 2.75) is 13.5 Å². The molecule has 1 N–H and O–H groups in total. The first-order valence-electron chi connectivity index (χ1n) is 3.88. The van der Waals surface area contributed by atoms with Crippen LogP contribution >= 0.6 is 0 Å². The third-order valence-electron chi connectivity index (χ3n) is 1.29. The monoisotopic (exact) mass is 188 g/mol. The number of alkyl halides is 2. The van der Waals surface area contributed by atoms with Gasteiger partial charge in [0, 0.05) is 12.6 Å². The molecule has 0 saturated heterocycles. The zero-order valence-corrected chi connectivity index (χ0v) is 7.13. The van der Waals surface area contributed by atoms with Crippen molar-refractivity contribution in [3.8, 4) is 5.88 Å². The van der Waals surface area contributed by atoms with E-state index < -0.39 is 6.61 Å². The van der Waals surface area contributed by atoms with E-state index in [1.54, 1.807) is 12.1 Å². The van der Waals surface area contributed by atoms with Crippen molar-refractivity contribution >= 4 is 5.82 Å². The van der Waals surface area contributed by atoms with Crippen molar-refractivity contribution in [3.05, 3.63) is 18.2 Å². The number of nitrogens with one attached hydrogen (secondary N) is 1. The number of aromatic nitrogens is 1. The minimum Gasteiger partial charge on any atom is -0.417 e. The Labute approximate surface area is 74.7 Å². The minimum atomic E-state index is -2.83. The van der Waals surface area contributed by atoms with Crippen LogP contribution in [0.1, 0.15) is 6.92 Å². The maximum atomic E-state index is 11.8. The topological polar surface area (TPSA) is 34.1 Å². The van der Waals surface area contributed by atoms with E-state index in [1.807, 2.05) is 6.92 Å². The van der Waals surface area contributed by atoms with Gasteiger partial charge in [-0.2, -0.15) is 13.8 Å². The number of hydrogen-bond donors (Lipinski definition) is 1. The van der Waals surface area contributed by atoms with Crippen LogP contribution < -0.4 is 10.1 Å². The molecule has 0 saturated carbocycles. The molecular formula is C8H10F2N2O. The van der Waals surface area contributed by atoms with Gasteiger partial charge in [0.1, 0.15) is 5.82 Å². The number of hydrogen-bond acceptors (Lipinski definition) is 3. The zero-order valence-electron chi connectivity index (χ0n) is 7.13. The summed E-state index contributed by atoms with van der Waals surface area (Å²) in [5.74, 6) is 0.453. The Kier molecular flexibility index (Phi) is 3.42. The van der Waals surface area contributed by atoms with E-state index in [0.29, 0.717) is 12.4 Å². The normalized spacial score (nSPS) is 10.2. The molecule has 0 aliphatic heterocycles. The van der Waals surface area contributed by atoms with E-state index in [-0.39, 0.29) is 5.88 Å². The van der Waals surface area contributed by atoms with Crippen molar-refractivity contribution in [2.75, 3.05) is 11.9 Å². The molecule has 0 radical (unpaired) electrons. The maximum absolute atomic E-state index is 11.8. The van der Waals surface area contributed by atoms with Crippen molar-refractivity contribution in [1.82, 2.24) is 4.98 Å². The average Bonchev–Trinajstić information content (AvgIpc) is 2.04. The van der Waals surface area contributed by atoms with E-state index in [1.165, 1.54) is 6.07 Å². The lowest BCUT2D eigenvalue weighted by molar-refractivity contribution is -0.0527. The van der Waals surface area contributed by atoms with Crippen molar-refractivity contribution < 1.29 is 13.5 Å². The van der Waals surface area contributed by atoms with E-state index >= 15 is 0 Å². The maximum Gasteiger partial charge on any atom is 0.388 e. The van der Waals surface area contributed by atoms with Gasteiger partial charge < -0.3 is 10.1 Å².